The van der Waals surface area contributed by atoms with Crippen LogP contribution in [0.5, 0.6) is 0 Å². The molecule has 0 atom stereocenters. The summed E-state index contributed by atoms with van der Waals surface area (Å²) in [7, 11) is 0. The first-order valence-corrected chi connectivity index (χ1v) is 8.85. The topological polar surface area (TPSA) is 60.0 Å². The van der Waals surface area contributed by atoms with Crippen molar-refractivity contribution in [1.29, 1.82) is 0 Å². The number of likely N-dealkylation sites (tertiary alicyclic amines) is 1. The molecule has 6 heteroatoms. The highest BCUT2D eigenvalue weighted by Crippen LogP contribution is 2.17. The molecule has 2 fully saturated rings. The number of nitrogens with one attached hydrogen (secondary N) is 1. The lowest BCUT2D eigenvalue weighted by atomic mass is 10.1. The van der Waals surface area contributed by atoms with Gasteiger partial charge in [-0.05, 0) is 46.5 Å². The first-order valence-electron chi connectivity index (χ1n) is 8.85. The smallest absolute Gasteiger partial charge is 0.410 e. The van der Waals surface area contributed by atoms with Crippen molar-refractivity contribution in [1.82, 2.24) is 10.2 Å². The molecule has 0 unspecified atom stereocenters. The van der Waals surface area contributed by atoms with Gasteiger partial charge in [0.05, 0.1) is 12.7 Å². The lowest BCUT2D eigenvalue weighted by Gasteiger charge is -2.33. The van der Waals surface area contributed by atoms with Crippen LogP contribution < -0.4 is 5.32 Å². The van der Waals surface area contributed by atoms with Crippen molar-refractivity contribution in [2.45, 2.75) is 64.2 Å². The highest BCUT2D eigenvalue weighted by atomic mass is 16.6. The van der Waals surface area contributed by atoms with E-state index in [4.69, 9.17) is 14.2 Å². The van der Waals surface area contributed by atoms with E-state index in [0.29, 0.717) is 19.1 Å². The zero-order valence-electron chi connectivity index (χ0n) is 14.8. The van der Waals surface area contributed by atoms with Gasteiger partial charge in [-0.25, -0.2) is 4.79 Å². The van der Waals surface area contributed by atoms with Crippen LogP contribution in [-0.4, -0.2) is 68.2 Å². The zero-order chi connectivity index (χ0) is 16.7. The van der Waals surface area contributed by atoms with Crippen molar-refractivity contribution in [3.63, 3.8) is 0 Å². The normalized spacial score (nSPS) is 21.4. The van der Waals surface area contributed by atoms with Crippen LogP contribution in [0, 0.1) is 0 Å². The van der Waals surface area contributed by atoms with Gasteiger partial charge in [-0.15, -0.1) is 0 Å². The van der Waals surface area contributed by atoms with Crippen molar-refractivity contribution >= 4 is 6.09 Å². The number of piperidine rings is 1. The highest BCUT2D eigenvalue weighted by Gasteiger charge is 2.27. The summed E-state index contributed by atoms with van der Waals surface area (Å²) < 4.78 is 16.7. The van der Waals surface area contributed by atoms with Gasteiger partial charge in [-0.3, -0.25) is 0 Å². The van der Waals surface area contributed by atoms with E-state index in [0.717, 1.165) is 52.0 Å². The van der Waals surface area contributed by atoms with E-state index in [-0.39, 0.29) is 12.2 Å². The summed E-state index contributed by atoms with van der Waals surface area (Å²) in [6.07, 6.45) is 4.00. The lowest BCUT2D eigenvalue weighted by Crippen LogP contribution is -2.44. The monoisotopic (exact) mass is 328 g/mol. The van der Waals surface area contributed by atoms with Gasteiger partial charge in [0.1, 0.15) is 5.60 Å². The summed E-state index contributed by atoms with van der Waals surface area (Å²) in [5.41, 5.74) is -0.430. The predicted molar refractivity (Wildman–Crippen MR) is 88.6 cm³/mol. The molecule has 0 bridgehead atoms. The maximum Gasteiger partial charge on any atom is 0.410 e. The quantitative estimate of drug-likeness (QED) is 0.784. The van der Waals surface area contributed by atoms with E-state index >= 15 is 0 Å². The molecule has 134 valence electrons. The van der Waals surface area contributed by atoms with Crippen LogP contribution in [0.4, 0.5) is 4.79 Å². The average molecular weight is 328 g/mol. The van der Waals surface area contributed by atoms with Gasteiger partial charge in [0.2, 0.25) is 0 Å². The molecule has 2 aliphatic heterocycles. The maximum atomic E-state index is 12.0. The fourth-order valence-electron chi connectivity index (χ4n) is 2.92. The van der Waals surface area contributed by atoms with E-state index in [2.05, 4.69) is 5.32 Å². The summed E-state index contributed by atoms with van der Waals surface area (Å²) in [5, 5.41) is 3.52. The van der Waals surface area contributed by atoms with Gasteiger partial charge >= 0.3 is 6.09 Å². The molecule has 2 aliphatic rings. The second kappa shape index (κ2) is 8.85. The van der Waals surface area contributed by atoms with Crippen LogP contribution in [0.1, 0.15) is 46.5 Å². The Hall–Kier alpha value is -0.850. The largest absolute Gasteiger partial charge is 0.444 e. The summed E-state index contributed by atoms with van der Waals surface area (Å²) >= 11 is 0. The van der Waals surface area contributed by atoms with E-state index < -0.39 is 5.60 Å². The number of hydrogen-bond donors (Lipinski definition) is 1. The molecule has 2 saturated heterocycles. The van der Waals surface area contributed by atoms with E-state index in [1.54, 1.807) is 4.90 Å². The highest BCUT2D eigenvalue weighted by molar-refractivity contribution is 5.68. The van der Waals surface area contributed by atoms with Crippen LogP contribution >= 0.6 is 0 Å². The molecule has 0 saturated carbocycles. The Labute approximate surface area is 139 Å². The minimum absolute atomic E-state index is 0.211. The first-order chi connectivity index (χ1) is 10.9. The molecule has 0 aromatic rings. The van der Waals surface area contributed by atoms with Crippen LogP contribution in [0.25, 0.3) is 0 Å². The molecule has 6 nitrogen and oxygen atoms in total. The third kappa shape index (κ3) is 7.06. The number of rotatable bonds is 5. The van der Waals surface area contributed by atoms with Gasteiger partial charge in [-0.2, -0.15) is 0 Å². The third-order valence-electron chi connectivity index (χ3n) is 4.20. The zero-order valence-corrected chi connectivity index (χ0v) is 14.8. The standard InChI is InChI=1S/C17H32N2O4/c1-17(2,3)23-16(20)19-9-4-15(5-10-19)22-13-8-18-14-6-11-21-12-7-14/h14-15,18H,4-13H2,1-3H3. The van der Waals surface area contributed by atoms with Gasteiger partial charge in [0, 0.05) is 38.9 Å². The van der Waals surface area contributed by atoms with Crippen molar-refractivity contribution in [2.24, 2.45) is 0 Å². The van der Waals surface area contributed by atoms with Crippen LogP contribution in [-0.2, 0) is 14.2 Å². The Morgan fingerprint density at radius 3 is 2.43 bits per heavy atom. The molecule has 0 aromatic carbocycles. The van der Waals surface area contributed by atoms with Crippen molar-refractivity contribution < 1.29 is 19.0 Å². The van der Waals surface area contributed by atoms with Crippen LogP contribution in [0.15, 0.2) is 0 Å². The minimum atomic E-state index is -0.430. The maximum absolute atomic E-state index is 12.0. The molecule has 0 aromatic heterocycles. The molecule has 23 heavy (non-hydrogen) atoms. The Balaban J connectivity index is 1.55. The van der Waals surface area contributed by atoms with Gasteiger partial charge in [0.15, 0.2) is 0 Å². The Bertz CT molecular complexity index is 356. The van der Waals surface area contributed by atoms with Crippen molar-refractivity contribution in [3.8, 4) is 0 Å². The number of amides is 1. The number of carbonyl (C=O) groups excluding carboxylic acids is 1. The lowest BCUT2D eigenvalue weighted by molar-refractivity contribution is -0.0116. The Kier molecular flexibility index (Phi) is 7.11. The Morgan fingerprint density at radius 1 is 1.17 bits per heavy atom. The minimum Gasteiger partial charge on any atom is -0.444 e. The van der Waals surface area contributed by atoms with Gasteiger partial charge < -0.3 is 24.4 Å². The first kappa shape index (κ1) is 18.5. The second-order valence-corrected chi connectivity index (χ2v) is 7.38. The fraction of sp³-hybridized carbons (Fsp3) is 0.941. The number of carbonyl (C=O) groups is 1. The molecular formula is C17H32N2O4. The summed E-state index contributed by atoms with van der Waals surface area (Å²) in [5.74, 6) is 0. The summed E-state index contributed by atoms with van der Waals surface area (Å²) in [6, 6.07) is 0.571. The van der Waals surface area contributed by atoms with E-state index in [1.807, 2.05) is 20.8 Å². The van der Waals surface area contributed by atoms with Crippen molar-refractivity contribution in [2.75, 3.05) is 39.5 Å². The van der Waals surface area contributed by atoms with Crippen LogP contribution in [0.2, 0.25) is 0 Å². The SMILES string of the molecule is CC(C)(C)OC(=O)N1CCC(OCCNC2CCOCC2)CC1. The van der Waals surface area contributed by atoms with Crippen LogP contribution in [0.3, 0.4) is 0 Å². The van der Waals surface area contributed by atoms with Gasteiger partial charge in [0.25, 0.3) is 0 Å². The molecule has 0 spiro atoms. The molecule has 0 radical (unpaired) electrons. The Morgan fingerprint density at radius 2 is 1.83 bits per heavy atom. The van der Waals surface area contributed by atoms with Crippen molar-refractivity contribution in [3.05, 3.63) is 0 Å². The third-order valence-corrected chi connectivity index (χ3v) is 4.20. The molecule has 1 N–H and O–H groups in total. The van der Waals surface area contributed by atoms with E-state index in [1.165, 1.54) is 0 Å². The number of hydrogen-bond acceptors (Lipinski definition) is 5. The number of ether oxygens (including phenoxy) is 3. The molecule has 1 amide bonds. The molecule has 2 rings (SSSR count). The molecular weight excluding hydrogens is 296 g/mol. The summed E-state index contributed by atoms with van der Waals surface area (Å²) in [6.45, 7) is 10.5. The van der Waals surface area contributed by atoms with E-state index in [9.17, 15) is 4.79 Å². The summed E-state index contributed by atoms with van der Waals surface area (Å²) in [4.78, 5) is 13.8. The molecule has 2 heterocycles. The molecule has 0 aliphatic carbocycles. The second-order valence-electron chi connectivity index (χ2n) is 7.38. The van der Waals surface area contributed by atoms with Gasteiger partial charge in [-0.1, -0.05) is 0 Å². The average Bonchev–Trinajstić information content (AvgIpc) is 2.51. The number of nitrogens with zero attached hydrogens (tertiary/aromatic N) is 1. The predicted octanol–water partition coefficient (Wildman–Crippen LogP) is 2.17. The fourth-order valence-corrected chi connectivity index (χ4v) is 2.92.